The molecular weight excluding hydrogens is 424 g/mol. The minimum atomic E-state index is -0.203. The summed E-state index contributed by atoms with van der Waals surface area (Å²) in [5.74, 6) is -0.200. The summed E-state index contributed by atoms with van der Waals surface area (Å²) in [5, 5.41) is 9.40. The molecule has 172 valence electrons. The van der Waals surface area contributed by atoms with E-state index >= 15 is 0 Å². The highest BCUT2D eigenvalue weighted by molar-refractivity contribution is 6.07. The lowest BCUT2D eigenvalue weighted by Crippen LogP contribution is -2.45. The number of carbonyl (C=O) groups excluding carboxylic acids is 2. The number of piperidine rings is 1. The number of hydrogen-bond donors (Lipinski definition) is 1. The van der Waals surface area contributed by atoms with Gasteiger partial charge in [-0.1, -0.05) is 60.7 Å². The summed E-state index contributed by atoms with van der Waals surface area (Å²) in [7, 11) is 0. The molecule has 1 aromatic heterocycles. The molecule has 0 bridgehead atoms. The van der Waals surface area contributed by atoms with Gasteiger partial charge in [0.15, 0.2) is 0 Å². The first-order chi connectivity index (χ1) is 16.7. The SMILES string of the molecule is O=C(NCc1ccccc1Cn1cccn1)[C@H]1CCCN(C(=O)c2cccc3ccccc23)C1. The van der Waals surface area contributed by atoms with E-state index in [9.17, 15) is 9.59 Å². The van der Waals surface area contributed by atoms with Gasteiger partial charge in [0, 0.05) is 37.6 Å². The van der Waals surface area contributed by atoms with Crippen LogP contribution in [-0.2, 0) is 17.9 Å². The lowest BCUT2D eigenvalue weighted by atomic mass is 9.95. The van der Waals surface area contributed by atoms with Crippen LogP contribution in [0.1, 0.15) is 34.3 Å². The van der Waals surface area contributed by atoms with Crippen molar-refractivity contribution in [2.45, 2.75) is 25.9 Å². The van der Waals surface area contributed by atoms with Gasteiger partial charge in [0.2, 0.25) is 5.91 Å². The lowest BCUT2D eigenvalue weighted by molar-refractivity contribution is -0.126. The summed E-state index contributed by atoms with van der Waals surface area (Å²) < 4.78 is 1.87. The standard InChI is InChI=1S/C28H28N4O2/c33-27(29-18-22-9-1-2-10-23(22)20-32-17-7-15-30-32)24-12-6-16-31(19-24)28(34)26-14-5-11-21-8-3-4-13-25(21)26/h1-5,7-11,13-15,17,24H,6,12,16,18-20H2,(H,29,33)/t24-/m0/s1. The van der Waals surface area contributed by atoms with Crippen LogP contribution in [0.5, 0.6) is 0 Å². The van der Waals surface area contributed by atoms with Crippen LogP contribution >= 0.6 is 0 Å². The Morgan fingerprint density at radius 1 is 0.941 bits per heavy atom. The zero-order chi connectivity index (χ0) is 23.3. The second-order valence-electron chi connectivity index (χ2n) is 8.81. The van der Waals surface area contributed by atoms with Crippen molar-refractivity contribution >= 4 is 22.6 Å². The molecule has 1 fully saturated rings. The van der Waals surface area contributed by atoms with Crippen LogP contribution in [0.25, 0.3) is 10.8 Å². The summed E-state index contributed by atoms with van der Waals surface area (Å²) >= 11 is 0. The van der Waals surface area contributed by atoms with Crippen molar-refractivity contribution < 1.29 is 9.59 Å². The number of amides is 2. The molecule has 1 aliphatic heterocycles. The molecule has 0 radical (unpaired) electrons. The molecule has 1 saturated heterocycles. The molecule has 4 aromatic rings. The second-order valence-corrected chi connectivity index (χ2v) is 8.81. The summed E-state index contributed by atoms with van der Waals surface area (Å²) in [4.78, 5) is 28.2. The fraction of sp³-hybridized carbons (Fsp3) is 0.250. The van der Waals surface area contributed by atoms with Crippen molar-refractivity contribution in [1.29, 1.82) is 0 Å². The Bertz CT molecular complexity index is 1290. The van der Waals surface area contributed by atoms with E-state index in [1.807, 2.05) is 82.5 Å². The molecule has 0 spiro atoms. The quantitative estimate of drug-likeness (QED) is 0.476. The summed E-state index contributed by atoms with van der Waals surface area (Å²) in [6.07, 6.45) is 5.31. The second kappa shape index (κ2) is 9.91. The van der Waals surface area contributed by atoms with E-state index in [-0.39, 0.29) is 17.7 Å². The normalized spacial score (nSPS) is 15.9. The molecule has 1 aliphatic rings. The Morgan fingerprint density at radius 2 is 1.74 bits per heavy atom. The Kier molecular flexibility index (Phi) is 6.38. The van der Waals surface area contributed by atoms with Crippen LogP contribution in [0.15, 0.2) is 85.2 Å². The lowest BCUT2D eigenvalue weighted by Gasteiger charge is -2.32. The van der Waals surface area contributed by atoms with Gasteiger partial charge in [-0.05, 0) is 46.9 Å². The molecule has 0 aliphatic carbocycles. The van der Waals surface area contributed by atoms with E-state index in [1.54, 1.807) is 6.20 Å². The summed E-state index contributed by atoms with van der Waals surface area (Å²) in [6.45, 7) is 2.25. The highest BCUT2D eigenvalue weighted by atomic mass is 16.2. The van der Waals surface area contributed by atoms with Crippen LogP contribution in [-0.4, -0.2) is 39.6 Å². The Labute approximate surface area is 199 Å². The number of carbonyl (C=O) groups is 2. The molecule has 0 saturated carbocycles. The number of aromatic nitrogens is 2. The molecule has 0 unspecified atom stereocenters. The van der Waals surface area contributed by atoms with Gasteiger partial charge >= 0.3 is 0 Å². The fourth-order valence-electron chi connectivity index (χ4n) is 4.74. The minimum absolute atomic E-state index is 0.00105. The van der Waals surface area contributed by atoms with E-state index < -0.39 is 0 Å². The Hall–Kier alpha value is -3.93. The molecule has 1 atom stereocenters. The molecule has 6 nitrogen and oxygen atoms in total. The average Bonchev–Trinajstić information content (AvgIpc) is 3.40. The molecule has 34 heavy (non-hydrogen) atoms. The Morgan fingerprint density at radius 3 is 2.59 bits per heavy atom. The Balaban J connectivity index is 1.24. The largest absolute Gasteiger partial charge is 0.352 e. The van der Waals surface area contributed by atoms with Gasteiger partial charge in [-0.25, -0.2) is 0 Å². The predicted molar refractivity (Wildman–Crippen MR) is 132 cm³/mol. The van der Waals surface area contributed by atoms with Crippen molar-refractivity contribution in [2.24, 2.45) is 5.92 Å². The molecule has 5 rings (SSSR count). The van der Waals surface area contributed by atoms with Gasteiger partial charge in [0.25, 0.3) is 5.91 Å². The fourth-order valence-corrected chi connectivity index (χ4v) is 4.74. The van der Waals surface area contributed by atoms with Crippen LogP contribution in [0, 0.1) is 5.92 Å². The first-order valence-corrected chi connectivity index (χ1v) is 11.8. The maximum atomic E-state index is 13.3. The van der Waals surface area contributed by atoms with Gasteiger partial charge in [0.05, 0.1) is 12.5 Å². The predicted octanol–water partition coefficient (Wildman–Crippen LogP) is 4.25. The van der Waals surface area contributed by atoms with Crippen molar-refractivity contribution in [3.8, 4) is 0 Å². The first kappa shape index (κ1) is 21.9. The average molecular weight is 453 g/mol. The van der Waals surface area contributed by atoms with E-state index in [0.29, 0.717) is 31.7 Å². The van der Waals surface area contributed by atoms with Gasteiger partial charge in [-0.15, -0.1) is 0 Å². The third-order valence-corrected chi connectivity index (χ3v) is 6.56. The third-order valence-electron chi connectivity index (χ3n) is 6.56. The number of benzene rings is 3. The summed E-state index contributed by atoms with van der Waals surface area (Å²) in [6, 6.07) is 23.7. The minimum Gasteiger partial charge on any atom is -0.352 e. The van der Waals surface area contributed by atoms with E-state index in [1.165, 1.54) is 0 Å². The van der Waals surface area contributed by atoms with Crippen LogP contribution in [0.2, 0.25) is 0 Å². The van der Waals surface area contributed by atoms with Gasteiger partial charge in [0.1, 0.15) is 0 Å². The first-order valence-electron chi connectivity index (χ1n) is 11.8. The van der Waals surface area contributed by atoms with Crippen molar-refractivity contribution in [3.05, 3.63) is 102 Å². The van der Waals surface area contributed by atoms with E-state index in [4.69, 9.17) is 0 Å². The number of nitrogens with one attached hydrogen (secondary N) is 1. The highest BCUT2D eigenvalue weighted by Gasteiger charge is 2.29. The van der Waals surface area contributed by atoms with Crippen LogP contribution in [0.4, 0.5) is 0 Å². The number of nitrogens with zero attached hydrogens (tertiary/aromatic N) is 3. The molecule has 3 aromatic carbocycles. The van der Waals surface area contributed by atoms with Crippen molar-refractivity contribution in [1.82, 2.24) is 20.0 Å². The van der Waals surface area contributed by atoms with Crippen LogP contribution in [0.3, 0.4) is 0 Å². The highest BCUT2D eigenvalue weighted by Crippen LogP contribution is 2.24. The monoisotopic (exact) mass is 452 g/mol. The van der Waals surface area contributed by atoms with E-state index in [2.05, 4.69) is 16.5 Å². The number of likely N-dealkylation sites (tertiary alicyclic amines) is 1. The van der Waals surface area contributed by atoms with E-state index in [0.717, 1.165) is 34.7 Å². The topological polar surface area (TPSA) is 67.2 Å². The zero-order valence-electron chi connectivity index (χ0n) is 19.1. The molecule has 2 amide bonds. The number of hydrogen-bond acceptors (Lipinski definition) is 3. The molecule has 1 N–H and O–H groups in total. The van der Waals surface area contributed by atoms with Gasteiger partial charge < -0.3 is 10.2 Å². The van der Waals surface area contributed by atoms with Crippen molar-refractivity contribution in [2.75, 3.05) is 13.1 Å². The smallest absolute Gasteiger partial charge is 0.254 e. The summed E-state index contributed by atoms with van der Waals surface area (Å²) in [5.41, 5.74) is 2.90. The maximum absolute atomic E-state index is 13.3. The third kappa shape index (κ3) is 4.71. The number of fused-ring (bicyclic) bond motifs is 1. The molecule has 6 heteroatoms. The van der Waals surface area contributed by atoms with Crippen LogP contribution < -0.4 is 5.32 Å². The van der Waals surface area contributed by atoms with Crippen molar-refractivity contribution in [3.63, 3.8) is 0 Å². The van der Waals surface area contributed by atoms with Gasteiger partial charge in [-0.2, -0.15) is 5.10 Å². The maximum Gasteiger partial charge on any atom is 0.254 e. The zero-order valence-corrected chi connectivity index (χ0v) is 19.1. The molecule has 2 heterocycles. The molecular formula is C28H28N4O2. The number of rotatable bonds is 6. The van der Waals surface area contributed by atoms with Gasteiger partial charge in [-0.3, -0.25) is 14.3 Å².